The summed E-state index contributed by atoms with van der Waals surface area (Å²) in [5.41, 5.74) is 1.35. The summed E-state index contributed by atoms with van der Waals surface area (Å²) in [5.74, 6) is 1.23. The Morgan fingerprint density at radius 3 is 2.50 bits per heavy atom. The molecule has 0 spiro atoms. The van der Waals surface area contributed by atoms with Gasteiger partial charge in [-0.25, -0.2) is 9.97 Å². The zero-order valence-electron chi connectivity index (χ0n) is 16.1. The molecule has 0 radical (unpaired) electrons. The summed E-state index contributed by atoms with van der Waals surface area (Å²) < 4.78 is 0. The number of nitrogens with one attached hydrogen (secondary N) is 3. The first-order chi connectivity index (χ1) is 14.6. The van der Waals surface area contributed by atoms with E-state index in [-0.39, 0.29) is 11.1 Å². The fraction of sp³-hybridized carbons (Fsp3) is 0.143. The lowest BCUT2D eigenvalue weighted by molar-refractivity contribution is -0.909. The number of H-pyrrole nitrogens is 2. The highest BCUT2D eigenvalue weighted by molar-refractivity contribution is 7.18. The summed E-state index contributed by atoms with van der Waals surface area (Å²) in [5, 5.41) is 5.21. The Balaban J connectivity index is 1.40. The monoisotopic (exact) mass is 436 g/mol. The fourth-order valence-electron chi connectivity index (χ4n) is 3.54. The number of nitrogens with zero attached hydrogens (tertiary/aromatic N) is 2. The van der Waals surface area contributed by atoms with Crippen LogP contribution in [-0.2, 0) is 13.1 Å². The van der Waals surface area contributed by atoms with Crippen LogP contribution in [0.25, 0.3) is 31.6 Å². The summed E-state index contributed by atoms with van der Waals surface area (Å²) in [6.07, 6.45) is 0. The van der Waals surface area contributed by atoms with Crippen molar-refractivity contribution < 1.29 is 4.90 Å². The average Bonchev–Trinajstić information content (AvgIpc) is 3.37. The molecule has 0 amide bonds. The molecule has 1 atom stereocenters. The topological polar surface area (TPSA) is 95.9 Å². The number of hydrogen-bond donors (Lipinski definition) is 3. The largest absolute Gasteiger partial charge is 0.325 e. The third-order valence-corrected chi connectivity index (χ3v) is 6.66. The summed E-state index contributed by atoms with van der Waals surface area (Å²) >= 11 is 3.09. The number of para-hydroxylation sites is 1. The lowest BCUT2D eigenvalue weighted by Gasteiger charge is -2.13. The molecule has 1 aromatic carbocycles. The second-order valence-corrected chi connectivity index (χ2v) is 8.97. The molecule has 1 unspecified atom stereocenters. The molecule has 4 aromatic heterocycles. The highest BCUT2D eigenvalue weighted by Crippen LogP contribution is 2.33. The van der Waals surface area contributed by atoms with Gasteiger partial charge in [0.05, 0.1) is 23.3 Å². The molecule has 0 aliphatic carbocycles. The quantitative estimate of drug-likeness (QED) is 0.393. The van der Waals surface area contributed by atoms with E-state index in [0.717, 1.165) is 20.2 Å². The van der Waals surface area contributed by atoms with E-state index in [4.69, 9.17) is 0 Å². The minimum atomic E-state index is -0.143. The van der Waals surface area contributed by atoms with Gasteiger partial charge in [0.1, 0.15) is 17.9 Å². The highest BCUT2D eigenvalue weighted by Gasteiger charge is 2.16. The number of quaternary nitrogens is 1. The first kappa shape index (κ1) is 18.9. The normalized spacial score (nSPS) is 12.6. The average molecular weight is 437 g/mol. The van der Waals surface area contributed by atoms with Crippen molar-refractivity contribution in [2.45, 2.75) is 13.1 Å². The van der Waals surface area contributed by atoms with Gasteiger partial charge in [-0.2, -0.15) is 0 Å². The van der Waals surface area contributed by atoms with Crippen LogP contribution in [-0.4, -0.2) is 27.0 Å². The molecule has 30 heavy (non-hydrogen) atoms. The van der Waals surface area contributed by atoms with E-state index in [2.05, 4.69) is 19.9 Å². The Bertz CT molecular complexity index is 1470. The molecule has 150 valence electrons. The Morgan fingerprint density at radius 2 is 1.70 bits per heavy atom. The molecule has 0 bridgehead atoms. The van der Waals surface area contributed by atoms with E-state index in [1.807, 2.05) is 48.1 Å². The molecule has 3 N–H and O–H groups in total. The van der Waals surface area contributed by atoms with E-state index in [1.165, 1.54) is 11.3 Å². The zero-order valence-corrected chi connectivity index (χ0v) is 17.7. The molecular formula is C21H18N5O2S2+. The minimum Gasteiger partial charge on any atom is -0.325 e. The van der Waals surface area contributed by atoms with Gasteiger partial charge in [-0.05, 0) is 23.6 Å². The number of aromatic nitrogens is 4. The van der Waals surface area contributed by atoms with Gasteiger partial charge in [0, 0.05) is 15.8 Å². The van der Waals surface area contributed by atoms with E-state index >= 15 is 0 Å². The van der Waals surface area contributed by atoms with Crippen molar-refractivity contribution in [1.82, 2.24) is 19.9 Å². The minimum absolute atomic E-state index is 0.121. The van der Waals surface area contributed by atoms with Gasteiger partial charge >= 0.3 is 0 Å². The van der Waals surface area contributed by atoms with Crippen molar-refractivity contribution in [3.05, 3.63) is 79.5 Å². The predicted octanol–water partition coefficient (Wildman–Crippen LogP) is 2.16. The molecule has 0 fully saturated rings. The zero-order chi connectivity index (χ0) is 20.7. The van der Waals surface area contributed by atoms with Crippen LogP contribution in [0.3, 0.4) is 0 Å². The standard InChI is InChI=1S/C21H17N5O2S2/c1-26(9-16-22-14-6-3-2-5-12(14)19(27)23-16)10-17-24-20(28)18-13(11-30-21(18)25-17)15-7-4-8-29-15/h2-8,11H,9-10H2,1H3,(H,22,23,27)(H,24,25,28)/p+1. The third-order valence-electron chi connectivity index (χ3n) is 4.88. The molecule has 0 saturated heterocycles. The van der Waals surface area contributed by atoms with Gasteiger partial charge in [-0.3, -0.25) is 9.59 Å². The van der Waals surface area contributed by atoms with Crippen LogP contribution < -0.4 is 16.0 Å². The van der Waals surface area contributed by atoms with Crippen LogP contribution in [0.2, 0.25) is 0 Å². The van der Waals surface area contributed by atoms with Crippen LogP contribution in [0.5, 0.6) is 0 Å². The smallest absolute Gasteiger partial charge is 0.260 e. The summed E-state index contributed by atoms with van der Waals surface area (Å²) in [7, 11) is 1.98. The third kappa shape index (κ3) is 3.47. The maximum Gasteiger partial charge on any atom is 0.260 e. The van der Waals surface area contributed by atoms with Crippen LogP contribution in [0, 0.1) is 0 Å². The van der Waals surface area contributed by atoms with E-state index < -0.39 is 0 Å². The number of fused-ring (bicyclic) bond motifs is 2. The van der Waals surface area contributed by atoms with Gasteiger partial charge in [0.25, 0.3) is 11.1 Å². The summed E-state index contributed by atoms with van der Waals surface area (Å²) in [6, 6.07) is 11.3. The Kier molecular flexibility index (Phi) is 4.78. The van der Waals surface area contributed by atoms with Gasteiger partial charge in [-0.1, -0.05) is 18.2 Å². The van der Waals surface area contributed by atoms with E-state index in [9.17, 15) is 9.59 Å². The highest BCUT2D eigenvalue weighted by atomic mass is 32.1. The van der Waals surface area contributed by atoms with Crippen molar-refractivity contribution in [2.75, 3.05) is 7.05 Å². The van der Waals surface area contributed by atoms with Gasteiger partial charge in [0.2, 0.25) is 0 Å². The second-order valence-electron chi connectivity index (χ2n) is 7.16. The summed E-state index contributed by atoms with van der Waals surface area (Å²) in [4.78, 5) is 42.9. The van der Waals surface area contributed by atoms with Crippen molar-refractivity contribution in [3.8, 4) is 10.4 Å². The van der Waals surface area contributed by atoms with E-state index in [1.54, 1.807) is 17.4 Å². The van der Waals surface area contributed by atoms with Gasteiger partial charge in [0.15, 0.2) is 11.6 Å². The van der Waals surface area contributed by atoms with Gasteiger partial charge < -0.3 is 14.9 Å². The van der Waals surface area contributed by atoms with E-state index in [0.29, 0.717) is 41.0 Å². The Morgan fingerprint density at radius 1 is 0.933 bits per heavy atom. The predicted molar refractivity (Wildman–Crippen MR) is 120 cm³/mol. The molecule has 0 aliphatic rings. The molecular weight excluding hydrogens is 418 g/mol. The number of thiophene rings is 2. The van der Waals surface area contributed by atoms with Crippen LogP contribution in [0.4, 0.5) is 0 Å². The Hall–Kier alpha value is -3.14. The lowest BCUT2D eigenvalue weighted by Crippen LogP contribution is -3.06. The number of benzene rings is 1. The van der Waals surface area contributed by atoms with Crippen LogP contribution >= 0.6 is 22.7 Å². The van der Waals surface area contributed by atoms with Crippen LogP contribution in [0.1, 0.15) is 11.6 Å². The number of hydrogen-bond acceptors (Lipinski definition) is 6. The number of rotatable bonds is 5. The van der Waals surface area contributed by atoms with Gasteiger partial charge in [-0.15, -0.1) is 22.7 Å². The molecule has 9 heteroatoms. The maximum atomic E-state index is 12.8. The Labute approximate surface area is 178 Å². The molecule has 0 aliphatic heterocycles. The number of aromatic amines is 2. The maximum absolute atomic E-state index is 12.8. The first-order valence-corrected chi connectivity index (χ1v) is 11.2. The molecule has 5 rings (SSSR count). The van der Waals surface area contributed by atoms with Crippen molar-refractivity contribution >= 4 is 43.8 Å². The molecule has 4 heterocycles. The van der Waals surface area contributed by atoms with Crippen molar-refractivity contribution in [3.63, 3.8) is 0 Å². The fourth-order valence-corrected chi connectivity index (χ4v) is 5.32. The van der Waals surface area contributed by atoms with Crippen molar-refractivity contribution in [1.29, 1.82) is 0 Å². The van der Waals surface area contributed by atoms with Crippen molar-refractivity contribution in [2.24, 2.45) is 0 Å². The van der Waals surface area contributed by atoms with Crippen LogP contribution in [0.15, 0.2) is 56.7 Å². The first-order valence-electron chi connectivity index (χ1n) is 9.42. The molecule has 7 nitrogen and oxygen atoms in total. The second kappa shape index (κ2) is 7.60. The molecule has 5 aromatic rings. The lowest BCUT2D eigenvalue weighted by atomic mass is 10.2. The SMILES string of the molecule is C[NH+](Cc1nc2ccccc2c(=O)[nH]1)Cc1nc2scc(-c3cccs3)c2c(=O)[nH]1. The summed E-state index contributed by atoms with van der Waals surface area (Å²) in [6.45, 7) is 1.01. The molecule has 0 saturated carbocycles.